The van der Waals surface area contributed by atoms with Crippen molar-refractivity contribution in [2.24, 2.45) is 0 Å². The van der Waals surface area contributed by atoms with E-state index in [2.05, 4.69) is 20.6 Å². The monoisotopic (exact) mass is 440 g/mol. The Hall–Kier alpha value is -2.92. The van der Waals surface area contributed by atoms with Gasteiger partial charge in [0.05, 0.1) is 22.6 Å². The van der Waals surface area contributed by atoms with E-state index in [1.165, 1.54) is 18.5 Å². The highest BCUT2D eigenvalue weighted by Crippen LogP contribution is 2.36. The van der Waals surface area contributed by atoms with Gasteiger partial charge in [0.15, 0.2) is 6.10 Å². The van der Waals surface area contributed by atoms with Gasteiger partial charge in [-0.3, -0.25) is 4.79 Å². The topological polar surface area (TPSA) is 96.4 Å². The molecule has 11 heteroatoms. The first-order chi connectivity index (χ1) is 14.5. The molecule has 3 aromatic rings. The molecule has 0 radical (unpaired) electrons. The number of hydrogen-bond acceptors (Lipinski definition) is 7. The van der Waals surface area contributed by atoms with Gasteiger partial charge >= 0.3 is 0 Å². The minimum atomic E-state index is -1.36. The van der Waals surface area contributed by atoms with Gasteiger partial charge in [-0.25, -0.2) is 23.1 Å². The molecule has 2 heterocycles. The fourth-order valence-corrected chi connectivity index (χ4v) is 3.81. The van der Waals surface area contributed by atoms with E-state index in [9.17, 15) is 18.0 Å². The fourth-order valence-electron chi connectivity index (χ4n) is 2.74. The van der Waals surface area contributed by atoms with Crippen molar-refractivity contribution >= 4 is 39.0 Å². The Kier molecular flexibility index (Phi) is 7.06. The lowest BCUT2D eigenvalue weighted by molar-refractivity contribution is 0.0948. The van der Waals surface area contributed by atoms with Gasteiger partial charge in [0.25, 0.3) is 5.91 Å². The molecule has 0 spiro atoms. The lowest BCUT2D eigenvalue weighted by Crippen LogP contribution is -2.26. The summed E-state index contributed by atoms with van der Waals surface area (Å²) >= 11 is 1.16. The predicted molar refractivity (Wildman–Crippen MR) is 108 cm³/mol. The molecule has 30 heavy (non-hydrogen) atoms. The number of rotatable bonds is 9. The summed E-state index contributed by atoms with van der Waals surface area (Å²) in [4.78, 5) is 21.7. The van der Waals surface area contributed by atoms with Gasteiger partial charge < -0.3 is 20.5 Å². The van der Waals surface area contributed by atoms with Crippen LogP contribution in [0, 0.1) is 12.7 Å². The van der Waals surface area contributed by atoms with Crippen LogP contribution < -0.4 is 15.4 Å². The van der Waals surface area contributed by atoms with E-state index in [4.69, 9.17) is 9.84 Å². The van der Waals surface area contributed by atoms with Crippen molar-refractivity contribution in [1.82, 2.24) is 15.3 Å². The molecule has 0 fully saturated rings. The van der Waals surface area contributed by atoms with E-state index in [0.29, 0.717) is 26.5 Å². The summed E-state index contributed by atoms with van der Waals surface area (Å²) in [5.74, 6) is -0.733. The molecule has 3 rings (SSSR count). The number of alkyl halides is 2. The molecule has 0 bridgehead atoms. The quantitative estimate of drug-likeness (QED) is 0.473. The second-order valence-electron chi connectivity index (χ2n) is 6.25. The predicted octanol–water partition coefficient (Wildman–Crippen LogP) is 3.29. The molecule has 7 nitrogen and oxygen atoms in total. The van der Waals surface area contributed by atoms with Gasteiger partial charge in [0, 0.05) is 12.6 Å². The lowest BCUT2D eigenvalue weighted by Gasteiger charge is -2.17. The maximum Gasteiger partial charge on any atom is 0.261 e. The standard InChI is InChI=1S/C19H19F3N4O3S/c1-10-15-17(24-9-25-19(15)30-16(10)18(28)23-4-5-27)26-13-3-2-11(22)6-14(13)29-12(7-20)8-21/h2-3,6,9,12,27H,4-5,7-8H2,1H3,(H,23,28)(H,24,25,26). The molecular weight excluding hydrogens is 421 g/mol. The number of hydrogen-bond donors (Lipinski definition) is 3. The second-order valence-corrected chi connectivity index (χ2v) is 7.25. The van der Waals surface area contributed by atoms with Crippen molar-refractivity contribution < 1.29 is 27.8 Å². The largest absolute Gasteiger partial charge is 0.483 e. The number of anilines is 2. The molecule has 3 N–H and O–H groups in total. The summed E-state index contributed by atoms with van der Waals surface area (Å²) in [5.41, 5.74) is 0.865. The Morgan fingerprint density at radius 1 is 1.30 bits per heavy atom. The SMILES string of the molecule is Cc1c(C(=O)NCCO)sc2ncnc(Nc3ccc(F)cc3OC(CF)CF)c12. The fraction of sp³-hybridized carbons (Fsp3) is 0.316. The first kappa shape index (κ1) is 21.8. The number of benzene rings is 1. The van der Waals surface area contributed by atoms with Crippen molar-refractivity contribution in [2.45, 2.75) is 13.0 Å². The van der Waals surface area contributed by atoms with Crippen LogP contribution in [0.1, 0.15) is 15.2 Å². The van der Waals surface area contributed by atoms with Crippen LogP contribution >= 0.6 is 11.3 Å². The number of ether oxygens (including phenoxy) is 1. The third-order valence-electron chi connectivity index (χ3n) is 4.16. The minimum absolute atomic E-state index is 0.0733. The number of aliphatic hydroxyl groups is 1. The first-order valence-electron chi connectivity index (χ1n) is 8.96. The highest BCUT2D eigenvalue weighted by Gasteiger charge is 2.20. The van der Waals surface area contributed by atoms with E-state index in [0.717, 1.165) is 17.4 Å². The van der Waals surface area contributed by atoms with Crippen molar-refractivity contribution in [3.63, 3.8) is 0 Å². The number of nitrogens with one attached hydrogen (secondary N) is 2. The number of carbonyl (C=O) groups excluding carboxylic acids is 1. The van der Waals surface area contributed by atoms with Crippen LogP contribution in [0.4, 0.5) is 24.7 Å². The molecule has 160 valence electrons. The van der Waals surface area contributed by atoms with Gasteiger partial charge in [-0.1, -0.05) is 0 Å². The summed E-state index contributed by atoms with van der Waals surface area (Å²) in [6.07, 6.45) is -0.0612. The Morgan fingerprint density at radius 3 is 2.77 bits per heavy atom. The highest BCUT2D eigenvalue weighted by atomic mass is 32.1. The maximum absolute atomic E-state index is 13.7. The maximum atomic E-state index is 13.7. The average Bonchev–Trinajstić information content (AvgIpc) is 3.09. The third-order valence-corrected chi connectivity index (χ3v) is 5.36. The summed E-state index contributed by atoms with van der Waals surface area (Å²) < 4.78 is 44.7. The summed E-state index contributed by atoms with van der Waals surface area (Å²) in [6, 6.07) is 3.55. The van der Waals surface area contributed by atoms with E-state index in [1.54, 1.807) is 6.92 Å². The lowest BCUT2D eigenvalue weighted by atomic mass is 10.2. The number of nitrogens with zero attached hydrogens (tertiary/aromatic N) is 2. The molecule has 0 unspecified atom stereocenters. The van der Waals surface area contributed by atoms with Gasteiger partial charge in [-0.05, 0) is 24.6 Å². The molecule has 1 aromatic carbocycles. The number of amides is 1. The number of halogens is 3. The smallest absolute Gasteiger partial charge is 0.261 e. The molecule has 2 aromatic heterocycles. The van der Waals surface area contributed by atoms with Crippen LogP contribution in [0.5, 0.6) is 5.75 Å². The normalized spacial score (nSPS) is 11.1. The van der Waals surface area contributed by atoms with E-state index in [1.807, 2.05) is 0 Å². The number of aliphatic hydroxyl groups excluding tert-OH is 1. The first-order valence-corrected chi connectivity index (χ1v) is 9.78. The van der Waals surface area contributed by atoms with E-state index in [-0.39, 0.29) is 30.5 Å². The zero-order valence-electron chi connectivity index (χ0n) is 15.9. The highest BCUT2D eigenvalue weighted by molar-refractivity contribution is 7.20. The average molecular weight is 440 g/mol. The zero-order valence-corrected chi connectivity index (χ0v) is 16.7. The Balaban J connectivity index is 1.99. The van der Waals surface area contributed by atoms with Gasteiger partial charge in [0.2, 0.25) is 0 Å². The van der Waals surface area contributed by atoms with Crippen LogP contribution in [0.3, 0.4) is 0 Å². The molecule has 0 aliphatic carbocycles. The molecule has 0 saturated carbocycles. The van der Waals surface area contributed by atoms with E-state index < -0.39 is 25.3 Å². The summed E-state index contributed by atoms with van der Waals surface area (Å²) in [5, 5.41) is 15.0. The third kappa shape index (κ3) is 4.62. The van der Waals surface area contributed by atoms with Crippen LogP contribution in [0.2, 0.25) is 0 Å². The van der Waals surface area contributed by atoms with Crippen molar-refractivity contribution in [3.05, 3.63) is 40.8 Å². The Morgan fingerprint density at radius 2 is 2.07 bits per heavy atom. The number of thiophene rings is 1. The number of aromatic nitrogens is 2. The van der Waals surface area contributed by atoms with Gasteiger partial charge in [-0.2, -0.15) is 0 Å². The van der Waals surface area contributed by atoms with Crippen LogP contribution in [0.25, 0.3) is 10.2 Å². The van der Waals surface area contributed by atoms with Crippen molar-refractivity contribution in [1.29, 1.82) is 0 Å². The van der Waals surface area contributed by atoms with Crippen molar-refractivity contribution in [3.8, 4) is 5.75 Å². The molecular formula is C19H19F3N4O3S. The van der Waals surface area contributed by atoms with Gasteiger partial charge in [0.1, 0.15) is 41.9 Å². The molecule has 0 aliphatic rings. The number of carbonyl (C=O) groups is 1. The number of fused-ring (bicyclic) bond motifs is 1. The van der Waals surface area contributed by atoms with Gasteiger partial charge in [-0.15, -0.1) is 11.3 Å². The van der Waals surface area contributed by atoms with Crippen LogP contribution in [-0.2, 0) is 0 Å². The minimum Gasteiger partial charge on any atom is -0.483 e. The van der Waals surface area contributed by atoms with Crippen LogP contribution in [0.15, 0.2) is 24.5 Å². The molecule has 1 amide bonds. The van der Waals surface area contributed by atoms with Crippen LogP contribution in [-0.4, -0.2) is 53.6 Å². The second kappa shape index (κ2) is 9.72. The summed E-state index contributed by atoms with van der Waals surface area (Å²) in [6.45, 7) is -0.482. The van der Waals surface area contributed by atoms with Crippen molar-refractivity contribution in [2.75, 3.05) is 31.8 Å². The molecule has 0 aliphatic heterocycles. The Labute approximate surface area is 173 Å². The van der Waals surface area contributed by atoms with E-state index >= 15 is 0 Å². The molecule has 0 atom stereocenters. The summed E-state index contributed by atoms with van der Waals surface area (Å²) in [7, 11) is 0. The zero-order chi connectivity index (χ0) is 21.7. The Bertz CT molecular complexity index is 1040. The molecule has 0 saturated heterocycles. The number of aryl methyl sites for hydroxylation is 1.